The quantitative estimate of drug-likeness (QED) is 0.248. The molecule has 0 bridgehead atoms. The van der Waals surface area contributed by atoms with Crippen molar-refractivity contribution in [3.05, 3.63) is 34.0 Å². The SMILES string of the molecule is [B]N(N)c1ncc2c(n1)-c1c(C3=C[I-]3)cccc1N(CCC)S2(=O)=O. The molecule has 1 aromatic carbocycles. The van der Waals surface area contributed by atoms with Crippen LogP contribution in [0.4, 0.5) is 11.6 Å². The molecule has 1 aromatic heterocycles. The predicted molar refractivity (Wildman–Crippen MR) is 92.7 cm³/mol. The third-order valence-electron chi connectivity index (χ3n) is 3.99. The normalized spacial score (nSPS) is 17.0. The van der Waals surface area contributed by atoms with Crippen LogP contribution in [0.3, 0.4) is 0 Å². The standard InChI is InChI=1S/C15H14BIN5O2S/c1-2-6-21-11-5-3-4-9(10-7-17-10)13(11)14-12(25(21,23)24)8-19-15(20-14)22(16)18/h3-5,7-8H,2,6,18H2,1H3/q-1. The molecule has 2 N–H and O–H groups in total. The predicted octanol–water partition coefficient (Wildman–Crippen LogP) is -1.77. The van der Waals surface area contributed by atoms with Crippen molar-refractivity contribution in [2.24, 2.45) is 5.84 Å². The van der Waals surface area contributed by atoms with E-state index in [0.29, 0.717) is 24.3 Å². The average Bonchev–Trinajstić information content (AvgIpc) is 3.42. The number of anilines is 2. The van der Waals surface area contributed by atoms with Gasteiger partial charge < -0.3 is 0 Å². The van der Waals surface area contributed by atoms with Crippen molar-refractivity contribution in [1.82, 2.24) is 9.97 Å². The first-order chi connectivity index (χ1) is 11.9. The fourth-order valence-electron chi connectivity index (χ4n) is 2.89. The molecule has 10 heteroatoms. The van der Waals surface area contributed by atoms with Gasteiger partial charge in [0.25, 0.3) is 0 Å². The van der Waals surface area contributed by atoms with Gasteiger partial charge in [0.15, 0.2) is 0 Å². The number of hydrogen-bond donors (Lipinski definition) is 1. The summed E-state index contributed by atoms with van der Waals surface area (Å²) in [6.07, 6.45) is 1.99. The van der Waals surface area contributed by atoms with Gasteiger partial charge in [-0.1, -0.05) is 0 Å². The summed E-state index contributed by atoms with van der Waals surface area (Å²) in [4.78, 5) is 9.23. The molecule has 0 aliphatic carbocycles. The van der Waals surface area contributed by atoms with E-state index in [4.69, 9.17) is 13.8 Å². The molecule has 128 valence electrons. The van der Waals surface area contributed by atoms with Crippen LogP contribution in [-0.4, -0.2) is 32.9 Å². The van der Waals surface area contributed by atoms with Crippen LogP contribution < -0.4 is 36.3 Å². The van der Waals surface area contributed by atoms with Gasteiger partial charge in [0.2, 0.25) is 0 Å². The molecule has 3 heterocycles. The van der Waals surface area contributed by atoms with E-state index in [0.717, 1.165) is 16.0 Å². The Hall–Kier alpha value is -1.66. The fourth-order valence-corrected chi connectivity index (χ4v) is 5.81. The molecule has 0 unspecified atom stereocenters. The van der Waals surface area contributed by atoms with Crippen LogP contribution in [-0.2, 0) is 10.0 Å². The molecule has 0 fully saturated rings. The summed E-state index contributed by atoms with van der Waals surface area (Å²) < 4.78 is 31.1. The van der Waals surface area contributed by atoms with Crippen LogP contribution in [0.2, 0.25) is 0 Å². The Kier molecular flexibility index (Phi) is 4.00. The van der Waals surface area contributed by atoms with Gasteiger partial charge >= 0.3 is 158 Å². The molecule has 2 aliphatic rings. The van der Waals surface area contributed by atoms with Crippen molar-refractivity contribution in [3.8, 4) is 11.3 Å². The van der Waals surface area contributed by atoms with Crippen molar-refractivity contribution in [3.63, 3.8) is 0 Å². The molecule has 2 aromatic rings. The summed E-state index contributed by atoms with van der Waals surface area (Å²) in [5, 5.41) is 0. The molecular formula is C15H14BIN5O2S-. The van der Waals surface area contributed by atoms with E-state index < -0.39 is 10.0 Å². The zero-order chi connectivity index (χ0) is 17.8. The zero-order valence-corrected chi connectivity index (χ0v) is 16.3. The van der Waals surface area contributed by atoms with E-state index in [2.05, 4.69) is 14.1 Å². The van der Waals surface area contributed by atoms with Crippen LogP contribution in [0.15, 0.2) is 33.4 Å². The minimum atomic E-state index is -3.73. The number of fused-ring (bicyclic) bond motifs is 3. The van der Waals surface area contributed by atoms with Crippen molar-refractivity contribution >= 4 is 33.2 Å². The van der Waals surface area contributed by atoms with Crippen molar-refractivity contribution in [2.75, 3.05) is 15.8 Å². The molecular weight excluding hydrogens is 452 g/mol. The number of sulfonamides is 1. The number of hydrazine groups is 1. The Morgan fingerprint density at radius 3 is 2.80 bits per heavy atom. The van der Waals surface area contributed by atoms with E-state index >= 15 is 0 Å². The van der Waals surface area contributed by atoms with Gasteiger partial charge in [-0.25, -0.2) is 0 Å². The van der Waals surface area contributed by atoms with Crippen LogP contribution in [0.1, 0.15) is 18.9 Å². The Balaban J connectivity index is 2.06. The molecule has 4 rings (SSSR count). The molecule has 7 nitrogen and oxygen atoms in total. The molecule has 25 heavy (non-hydrogen) atoms. The van der Waals surface area contributed by atoms with Gasteiger partial charge in [0.1, 0.15) is 0 Å². The monoisotopic (exact) mass is 466 g/mol. The van der Waals surface area contributed by atoms with E-state index in [1.165, 1.54) is 14.1 Å². The van der Waals surface area contributed by atoms with Gasteiger partial charge in [0, 0.05) is 0 Å². The molecule has 0 saturated carbocycles. The summed E-state index contributed by atoms with van der Waals surface area (Å²) in [5.74, 6) is 5.61. The maximum absolute atomic E-state index is 13.1. The second kappa shape index (κ2) is 5.96. The number of nitrogens with two attached hydrogens (primary N) is 1. The van der Waals surface area contributed by atoms with E-state index in [1.54, 1.807) is 0 Å². The Labute approximate surface area is 157 Å². The van der Waals surface area contributed by atoms with Crippen LogP contribution in [0.5, 0.6) is 0 Å². The van der Waals surface area contributed by atoms with E-state index in [9.17, 15) is 8.42 Å². The van der Waals surface area contributed by atoms with Crippen LogP contribution in [0.25, 0.3) is 14.8 Å². The molecule has 0 amide bonds. The van der Waals surface area contributed by atoms with E-state index in [-0.39, 0.29) is 32.0 Å². The average molecular weight is 466 g/mol. The Morgan fingerprint density at radius 2 is 2.16 bits per heavy atom. The second-order valence-corrected chi connectivity index (χ2v) is 9.87. The Morgan fingerprint density at radius 1 is 1.40 bits per heavy atom. The second-order valence-electron chi connectivity index (χ2n) is 5.63. The fraction of sp³-hybridized carbons (Fsp3) is 0.200. The first-order valence-electron chi connectivity index (χ1n) is 7.61. The van der Waals surface area contributed by atoms with Gasteiger partial charge in [0.05, 0.1) is 0 Å². The third kappa shape index (κ3) is 2.63. The van der Waals surface area contributed by atoms with E-state index in [1.807, 2.05) is 25.1 Å². The Bertz CT molecular complexity index is 1010. The first-order valence-corrected chi connectivity index (χ1v) is 11.4. The number of aromatic nitrogens is 2. The third-order valence-corrected chi connectivity index (χ3v) is 7.63. The molecule has 2 radical (unpaired) electrons. The van der Waals surface area contributed by atoms with Gasteiger partial charge in [-0.15, -0.1) is 0 Å². The molecule has 0 spiro atoms. The number of rotatable bonds is 4. The number of halogens is 1. The summed E-state index contributed by atoms with van der Waals surface area (Å²) in [7, 11) is 1.81. The molecule has 0 atom stereocenters. The summed E-state index contributed by atoms with van der Waals surface area (Å²) in [5.41, 5.74) is 2.86. The van der Waals surface area contributed by atoms with Gasteiger partial charge in [-0.05, 0) is 0 Å². The zero-order valence-electron chi connectivity index (χ0n) is 13.3. The topological polar surface area (TPSA) is 92.4 Å². The van der Waals surface area contributed by atoms with Crippen molar-refractivity contribution < 1.29 is 29.6 Å². The van der Waals surface area contributed by atoms with Gasteiger partial charge in [-0.2, -0.15) is 0 Å². The first kappa shape index (κ1) is 16.8. The number of hydrogen-bond acceptors (Lipinski definition) is 6. The molecule has 0 saturated heterocycles. The summed E-state index contributed by atoms with van der Waals surface area (Å²) in [6, 6.07) is 5.72. The number of nitrogens with zero attached hydrogens (tertiary/aromatic N) is 4. The van der Waals surface area contributed by atoms with Gasteiger partial charge in [-0.3, -0.25) is 0 Å². The van der Waals surface area contributed by atoms with Crippen LogP contribution >= 0.6 is 0 Å². The minimum absolute atomic E-state index is 0.0592. The van der Waals surface area contributed by atoms with Crippen LogP contribution in [0, 0.1) is 0 Å². The van der Waals surface area contributed by atoms with Crippen molar-refractivity contribution in [1.29, 1.82) is 0 Å². The summed E-state index contributed by atoms with van der Waals surface area (Å²) >= 11 is -0.0592. The summed E-state index contributed by atoms with van der Waals surface area (Å²) in [6.45, 7) is 2.34. The van der Waals surface area contributed by atoms with Crippen molar-refractivity contribution in [2.45, 2.75) is 18.2 Å². The maximum atomic E-state index is 13.1. The number of benzene rings is 1. The molecule has 2 aliphatic heterocycles.